The quantitative estimate of drug-likeness (QED) is 0.440. The van der Waals surface area contributed by atoms with Crippen molar-refractivity contribution in [1.82, 2.24) is 4.90 Å². The van der Waals surface area contributed by atoms with Crippen LogP contribution >= 0.6 is 11.8 Å². The van der Waals surface area contributed by atoms with Gasteiger partial charge in [-0.05, 0) is 54.4 Å². The van der Waals surface area contributed by atoms with Gasteiger partial charge in [-0.2, -0.15) is 0 Å². The summed E-state index contributed by atoms with van der Waals surface area (Å²) in [4.78, 5) is 30.2. The largest absolute Gasteiger partial charge is 0.502 e. The Bertz CT molecular complexity index is 1030. The first-order chi connectivity index (χ1) is 14.5. The van der Waals surface area contributed by atoms with Gasteiger partial charge in [0.15, 0.2) is 10.9 Å². The van der Waals surface area contributed by atoms with Crippen molar-refractivity contribution in [3.05, 3.63) is 69.1 Å². The Morgan fingerprint density at radius 2 is 2.10 bits per heavy atom. The van der Waals surface area contributed by atoms with Crippen molar-refractivity contribution in [3.8, 4) is 5.75 Å². The number of ether oxygens (including phenoxy) is 1. The number of carbonyl (C=O) groups excluding carboxylic acids is 1. The molecule has 0 bridgehead atoms. The van der Waals surface area contributed by atoms with E-state index in [1.54, 1.807) is 11.0 Å². The number of nitrogens with zero attached hydrogens (tertiary/aromatic N) is 3. The molecular formula is C21H19N3O5S. The molecule has 0 aromatic heterocycles. The highest BCUT2D eigenvalue weighted by atomic mass is 32.2. The number of hydrogen-bond acceptors (Lipinski definition) is 7. The lowest BCUT2D eigenvalue weighted by Gasteiger charge is -2.19. The van der Waals surface area contributed by atoms with Gasteiger partial charge in [-0.1, -0.05) is 24.3 Å². The number of amidine groups is 1. The monoisotopic (exact) mass is 425 g/mol. The average Bonchev–Trinajstić information content (AvgIpc) is 3.34. The lowest BCUT2D eigenvalue weighted by Crippen LogP contribution is -2.36. The van der Waals surface area contributed by atoms with Crippen molar-refractivity contribution in [2.75, 3.05) is 13.2 Å². The summed E-state index contributed by atoms with van der Waals surface area (Å²) >= 11 is 1.22. The van der Waals surface area contributed by atoms with Crippen LogP contribution < -0.4 is 0 Å². The van der Waals surface area contributed by atoms with E-state index in [-0.39, 0.29) is 12.0 Å². The smallest absolute Gasteiger partial charge is 0.311 e. The fraction of sp³-hybridized carbons (Fsp3) is 0.238. The number of carbonyl (C=O) groups is 1. The Morgan fingerprint density at radius 1 is 1.30 bits per heavy atom. The second-order valence-electron chi connectivity index (χ2n) is 6.90. The van der Waals surface area contributed by atoms with Gasteiger partial charge in [-0.15, -0.1) is 0 Å². The summed E-state index contributed by atoms with van der Waals surface area (Å²) in [6.45, 7) is 1.09. The van der Waals surface area contributed by atoms with Crippen LogP contribution in [0, 0.1) is 10.1 Å². The van der Waals surface area contributed by atoms with Gasteiger partial charge in [0.1, 0.15) is 0 Å². The van der Waals surface area contributed by atoms with Crippen LogP contribution in [-0.2, 0) is 9.53 Å². The van der Waals surface area contributed by atoms with Crippen molar-refractivity contribution >= 4 is 40.3 Å². The zero-order valence-corrected chi connectivity index (χ0v) is 16.7. The molecule has 2 saturated heterocycles. The minimum atomic E-state index is -0.660. The van der Waals surface area contributed by atoms with Crippen molar-refractivity contribution < 1.29 is 19.6 Å². The zero-order chi connectivity index (χ0) is 21.1. The van der Waals surface area contributed by atoms with Crippen LogP contribution in [0.5, 0.6) is 5.75 Å². The summed E-state index contributed by atoms with van der Waals surface area (Å²) in [5.41, 5.74) is 0.772. The minimum Gasteiger partial charge on any atom is -0.502 e. The SMILES string of the molecule is O=C1/C(=C\c2ccc(O)c([N+](=O)[O-])c2)SC(=Nc2ccccc2)N1CC1CCCO1. The van der Waals surface area contributed by atoms with Crippen molar-refractivity contribution in [1.29, 1.82) is 0 Å². The zero-order valence-electron chi connectivity index (χ0n) is 15.9. The van der Waals surface area contributed by atoms with Crippen LogP contribution in [0.3, 0.4) is 0 Å². The molecule has 2 aliphatic rings. The second kappa shape index (κ2) is 8.68. The molecule has 2 aliphatic heterocycles. The van der Waals surface area contributed by atoms with Gasteiger partial charge < -0.3 is 9.84 Å². The fourth-order valence-electron chi connectivity index (χ4n) is 3.29. The minimum absolute atomic E-state index is 0.0374. The molecule has 1 unspecified atom stereocenters. The van der Waals surface area contributed by atoms with E-state index >= 15 is 0 Å². The van der Waals surface area contributed by atoms with E-state index in [0.717, 1.165) is 18.5 Å². The third-order valence-electron chi connectivity index (χ3n) is 4.77. The normalized spacial score (nSPS) is 21.7. The van der Waals surface area contributed by atoms with Crippen LogP contribution in [-0.4, -0.2) is 45.3 Å². The summed E-state index contributed by atoms with van der Waals surface area (Å²) in [6.07, 6.45) is 3.39. The maximum atomic E-state index is 13.1. The van der Waals surface area contributed by atoms with E-state index in [9.17, 15) is 20.0 Å². The molecule has 8 nitrogen and oxygen atoms in total. The van der Waals surface area contributed by atoms with Crippen LogP contribution in [0.4, 0.5) is 11.4 Å². The molecule has 2 aromatic rings. The molecule has 4 rings (SSSR count). The Balaban J connectivity index is 1.67. The van der Waals surface area contributed by atoms with Crippen LogP contribution in [0.2, 0.25) is 0 Å². The van der Waals surface area contributed by atoms with E-state index in [1.807, 2.05) is 30.3 Å². The van der Waals surface area contributed by atoms with Gasteiger partial charge in [0, 0.05) is 12.7 Å². The number of rotatable bonds is 5. The number of nitro benzene ring substituents is 1. The first-order valence-electron chi connectivity index (χ1n) is 9.45. The average molecular weight is 425 g/mol. The van der Waals surface area contributed by atoms with Crippen molar-refractivity contribution in [2.24, 2.45) is 4.99 Å². The Kier molecular flexibility index (Phi) is 5.82. The molecule has 2 heterocycles. The Labute approximate surface area is 177 Å². The van der Waals surface area contributed by atoms with Crippen LogP contribution in [0.25, 0.3) is 6.08 Å². The lowest BCUT2D eigenvalue weighted by atomic mass is 10.1. The molecule has 154 valence electrons. The van der Waals surface area contributed by atoms with Gasteiger partial charge in [0.05, 0.1) is 28.2 Å². The van der Waals surface area contributed by atoms with E-state index in [0.29, 0.717) is 28.8 Å². The summed E-state index contributed by atoms with van der Waals surface area (Å²) in [5, 5.41) is 21.3. The highest BCUT2D eigenvalue weighted by molar-refractivity contribution is 8.18. The molecule has 0 aliphatic carbocycles. The summed E-state index contributed by atoms with van der Waals surface area (Å²) in [5.74, 6) is -0.639. The van der Waals surface area contributed by atoms with E-state index < -0.39 is 16.4 Å². The van der Waals surface area contributed by atoms with Gasteiger partial charge in [-0.3, -0.25) is 19.8 Å². The van der Waals surface area contributed by atoms with Crippen molar-refractivity contribution in [3.63, 3.8) is 0 Å². The summed E-state index contributed by atoms with van der Waals surface area (Å²) in [7, 11) is 0. The third kappa shape index (κ3) is 4.37. The highest BCUT2D eigenvalue weighted by Gasteiger charge is 2.36. The molecular weight excluding hydrogens is 406 g/mol. The number of amides is 1. The van der Waals surface area contributed by atoms with E-state index in [4.69, 9.17) is 4.74 Å². The van der Waals surface area contributed by atoms with E-state index in [2.05, 4.69) is 4.99 Å². The number of aromatic hydroxyl groups is 1. The number of hydrogen-bond donors (Lipinski definition) is 1. The third-order valence-corrected chi connectivity index (χ3v) is 5.78. The molecule has 9 heteroatoms. The Morgan fingerprint density at radius 3 is 2.80 bits per heavy atom. The first kappa shape index (κ1) is 20.1. The molecule has 30 heavy (non-hydrogen) atoms. The lowest BCUT2D eigenvalue weighted by molar-refractivity contribution is -0.385. The molecule has 2 fully saturated rings. The number of thioether (sulfide) groups is 1. The van der Waals surface area contributed by atoms with Gasteiger partial charge in [0.25, 0.3) is 5.91 Å². The van der Waals surface area contributed by atoms with E-state index in [1.165, 1.54) is 30.0 Å². The second-order valence-corrected chi connectivity index (χ2v) is 7.91. The topological polar surface area (TPSA) is 105 Å². The molecule has 1 amide bonds. The van der Waals surface area contributed by atoms with Gasteiger partial charge in [0.2, 0.25) is 0 Å². The molecule has 1 atom stereocenters. The maximum Gasteiger partial charge on any atom is 0.311 e. The maximum absolute atomic E-state index is 13.1. The number of nitro groups is 1. The fourth-order valence-corrected chi connectivity index (χ4v) is 4.29. The molecule has 0 spiro atoms. The predicted molar refractivity (Wildman–Crippen MR) is 115 cm³/mol. The first-order valence-corrected chi connectivity index (χ1v) is 10.3. The number of phenols is 1. The standard InChI is InChI=1S/C21H19N3O5S/c25-18-9-8-14(11-17(18)24(27)28)12-19-20(26)23(13-16-7-4-10-29-16)21(30-19)22-15-5-2-1-3-6-15/h1-3,5-6,8-9,11-12,16,25H,4,7,10,13H2/b19-12+,22-21?. The van der Waals surface area contributed by atoms with Crippen LogP contribution in [0.15, 0.2) is 58.4 Å². The van der Waals surface area contributed by atoms with Crippen molar-refractivity contribution in [2.45, 2.75) is 18.9 Å². The molecule has 1 N–H and O–H groups in total. The molecule has 2 aromatic carbocycles. The highest BCUT2D eigenvalue weighted by Crippen LogP contribution is 2.36. The summed E-state index contributed by atoms with van der Waals surface area (Å²) < 4.78 is 5.69. The molecule has 0 radical (unpaired) electrons. The van der Waals surface area contributed by atoms with Gasteiger partial charge >= 0.3 is 5.69 Å². The number of benzene rings is 2. The number of aliphatic imine (C=N–C) groups is 1. The van der Waals surface area contributed by atoms with Crippen LogP contribution in [0.1, 0.15) is 18.4 Å². The number of para-hydroxylation sites is 1. The summed E-state index contributed by atoms with van der Waals surface area (Å²) in [6, 6.07) is 13.4. The number of phenolic OH excluding ortho intramolecular Hbond substituents is 1. The Hall–Kier alpha value is -3.17. The molecule has 0 saturated carbocycles. The van der Waals surface area contributed by atoms with Gasteiger partial charge in [-0.25, -0.2) is 4.99 Å². The predicted octanol–water partition coefficient (Wildman–Crippen LogP) is 4.08.